The highest BCUT2D eigenvalue weighted by atomic mass is 32.2. The molecule has 0 aliphatic heterocycles. The Hall–Kier alpha value is -3.44. The van der Waals surface area contributed by atoms with Gasteiger partial charge in [0.1, 0.15) is 6.61 Å². The number of hydrogen-bond acceptors (Lipinski definition) is 3. The highest BCUT2D eigenvalue weighted by molar-refractivity contribution is 7.98. The fourth-order valence-electron chi connectivity index (χ4n) is 8.01. The summed E-state index contributed by atoms with van der Waals surface area (Å²) < 4.78 is 11.0. The molecule has 2 heterocycles. The number of para-hydroxylation sites is 2. The molecule has 0 amide bonds. The molecule has 0 N–H and O–H groups in total. The van der Waals surface area contributed by atoms with Crippen molar-refractivity contribution in [2.45, 2.75) is 124 Å². The van der Waals surface area contributed by atoms with E-state index in [9.17, 15) is 4.79 Å². The Morgan fingerprint density at radius 3 is 1.62 bits per heavy atom. The number of unbranched alkanes of at least 4 members (excludes halogenated alkanes) is 10. The van der Waals surface area contributed by atoms with Crippen LogP contribution in [0.15, 0.2) is 72.8 Å². The predicted molar refractivity (Wildman–Crippen MR) is 216 cm³/mol. The molecule has 0 unspecified atom stereocenters. The Morgan fingerprint density at radius 2 is 1.10 bits per heavy atom. The molecule has 0 aliphatic carbocycles. The number of aryl methyl sites for hydroxylation is 2. The van der Waals surface area contributed by atoms with Crippen LogP contribution in [0.1, 0.15) is 135 Å². The van der Waals surface area contributed by atoms with E-state index in [0.29, 0.717) is 12.2 Å². The SMILES string of the molecule is CCCCCCCCn1c(C)c(C(c2ccccc2C(=O)OCCSC)c2c(C)n(CCCCCCCC)c3ccccc23)c2ccccc21. The zero-order valence-corrected chi connectivity index (χ0v) is 32.3. The topological polar surface area (TPSA) is 36.2 Å². The Labute approximate surface area is 306 Å². The minimum absolute atomic E-state index is 0.134. The third-order valence-corrected chi connectivity index (χ3v) is 11.2. The van der Waals surface area contributed by atoms with Crippen LogP contribution in [-0.4, -0.2) is 33.7 Å². The number of ether oxygens (including phenoxy) is 1. The first-order chi connectivity index (χ1) is 24.5. The van der Waals surface area contributed by atoms with E-state index in [0.717, 1.165) is 24.4 Å². The van der Waals surface area contributed by atoms with Crippen LogP contribution < -0.4 is 0 Å². The molecule has 3 aromatic carbocycles. The van der Waals surface area contributed by atoms with Gasteiger partial charge >= 0.3 is 5.97 Å². The summed E-state index contributed by atoms with van der Waals surface area (Å²) in [6.07, 6.45) is 17.3. The first kappa shape index (κ1) is 37.8. The summed E-state index contributed by atoms with van der Waals surface area (Å²) in [4.78, 5) is 13.9. The molecule has 5 rings (SSSR count). The van der Waals surface area contributed by atoms with E-state index in [1.54, 1.807) is 11.8 Å². The van der Waals surface area contributed by atoms with Crippen molar-refractivity contribution in [3.8, 4) is 0 Å². The lowest BCUT2D eigenvalue weighted by Crippen LogP contribution is -2.15. The molecule has 0 atom stereocenters. The van der Waals surface area contributed by atoms with E-state index in [1.807, 2.05) is 18.4 Å². The smallest absolute Gasteiger partial charge is 0.338 e. The van der Waals surface area contributed by atoms with E-state index in [1.165, 1.54) is 121 Å². The van der Waals surface area contributed by atoms with Gasteiger partial charge in [0.25, 0.3) is 0 Å². The van der Waals surface area contributed by atoms with Gasteiger partial charge in [-0.05, 0) is 67.8 Å². The average Bonchev–Trinajstić information content (AvgIpc) is 3.57. The van der Waals surface area contributed by atoms with Crippen molar-refractivity contribution in [2.24, 2.45) is 0 Å². The fraction of sp³-hybridized carbons (Fsp3) is 0.489. The van der Waals surface area contributed by atoms with E-state index in [4.69, 9.17) is 4.74 Å². The maximum atomic E-state index is 13.9. The van der Waals surface area contributed by atoms with Crippen LogP contribution in [0.5, 0.6) is 0 Å². The summed E-state index contributed by atoms with van der Waals surface area (Å²) in [6, 6.07) is 26.1. The van der Waals surface area contributed by atoms with Gasteiger partial charge in [-0.3, -0.25) is 0 Å². The Morgan fingerprint density at radius 1 is 0.640 bits per heavy atom. The predicted octanol–water partition coefficient (Wildman–Crippen LogP) is 12.6. The molecule has 0 spiro atoms. The van der Waals surface area contributed by atoms with Crippen molar-refractivity contribution in [3.63, 3.8) is 0 Å². The summed E-state index contributed by atoms with van der Waals surface area (Å²) in [5, 5.41) is 2.55. The molecular weight excluding hydrogens is 633 g/mol. The van der Waals surface area contributed by atoms with Gasteiger partial charge in [0.05, 0.1) is 5.56 Å². The minimum atomic E-state index is -0.235. The standard InChI is InChI=1S/C45H60N2O2S/c1-6-8-10-12-14-22-30-46-34(3)42(38-26-18-20-28-40(38)46)44(36-24-16-17-25-37(36)45(48)49-32-33-50-5)43-35(4)47(31-23-15-13-11-9-7-2)41-29-21-19-27-39(41)43/h16-21,24-29,44H,6-15,22-23,30-33H2,1-5H3. The zero-order valence-electron chi connectivity index (χ0n) is 31.4. The molecule has 0 saturated carbocycles. The number of thioether (sulfide) groups is 1. The second-order valence-electron chi connectivity index (χ2n) is 14.0. The van der Waals surface area contributed by atoms with Crippen LogP contribution in [0.3, 0.4) is 0 Å². The Balaban J connectivity index is 1.67. The van der Waals surface area contributed by atoms with Crippen molar-refractivity contribution in [3.05, 3.63) is 106 Å². The summed E-state index contributed by atoms with van der Waals surface area (Å²) >= 11 is 1.70. The molecule has 2 aromatic heterocycles. The molecule has 268 valence electrons. The highest BCUT2D eigenvalue weighted by Crippen LogP contribution is 2.45. The molecule has 0 bridgehead atoms. The lowest BCUT2D eigenvalue weighted by atomic mass is 9.80. The lowest BCUT2D eigenvalue weighted by Gasteiger charge is -2.23. The maximum absolute atomic E-state index is 13.9. The molecule has 5 aromatic rings. The monoisotopic (exact) mass is 692 g/mol. The van der Waals surface area contributed by atoms with Gasteiger partial charge in [-0.15, -0.1) is 0 Å². The first-order valence-corrected chi connectivity index (χ1v) is 20.8. The second-order valence-corrected chi connectivity index (χ2v) is 15.0. The number of hydrogen-bond donors (Lipinski definition) is 0. The zero-order chi connectivity index (χ0) is 35.3. The number of fused-ring (bicyclic) bond motifs is 2. The Bertz CT molecular complexity index is 1720. The number of carbonyl (C=O) groups excluding carboxylic acids is 1. The van der Waals surface area contributed by atoms with Crippen molar-refractivity contribution < 1.29 is 9.53 Å². The molecule has 0 fully saturated rings. The van der Waals surface area contributed by atoms with Crippen molar-refractivity contribution >= 4 is 39.5 Å². The van der Waals surface area contributed by atoms with Gasteiger partial charge < -0.3 is 13.9 Å². The molecule has 0 saturated heterocycles. The van der Waals surface area contributed by atoms with Crippen LogP contribution >= 0.6 is 11.8 Å². The van der Waals surface area contributed by atoms with E-state index in [2.05, 4.69) is 97.5 Å². The third-order valence-electron chi connectivity index (χ3n) is 10.6. The molecule has 0 radical (unpaired) electrons. The average molecular weight is 693 g/mol. The largest absolute Gasteiger partial charge is 0.461 e. The number of esters is 1. The number of carbonyl (C=O) groups is 1. The van der Waals surface area contributed by atoms with Crippen molar-refractivity contribution in [2.75, 3.05) is 18.6 Å². The molecule has 4 nitrogen and oxygen atoms in total. The normalized spacial score (nSPS) is 11.7. The number of rotatable bonds is 21. The molecular formula is C45H60N2O2S. The summed E-state index contributed by atoms with van der Waals surface area (Å²) in [6.45, 7) is 11.6. The molecule has 5 heteroatoms. The van der Waals surface area contributed by atoms with Crippen LogP contribution in [0.25, 0.3) is 21.8 Å². The quantitative estimate of drug-likeness (QED) is 0.0567. The Kier molecular flexibility index (Phi) is 14.6. The fourth-order valence-corrected chi connectivity index (χ4v) is 8.26. The number of aromatic nitrogens is 2. The summed E-state index contributed by atoms with van der Waals surface area (Å²) in [5.41, 5.74) is 9.46. The number of benzene rings is 3. The second kappa shape index (κ2) is 19.2. The maximum Gasteiger partial charge on any atom is 0.338 e. The summed E-state index contributed by atoms with van der Waals surface area (Å²) in [7, 11) is 0. The molecule has 0 aliphatic rings. The van der Waals surface area contributed by atoms with Gasteiger partial charge in [-0.25, -0.2) is 4.79 Å². The van der Waals surface area contributed by atoms with Crippen LogP contribution in [0, 0.1) is 13.8 Å². The van der Waals surface area contributed by atoms with Crippen LogP contribution in [0.2, 0.25) is 0 Å². The van der Waals surface area contributed by atoms with Gasteiger partial charge in [0.15, 0.2) is 0 Å². The highest BCUT2D eigenvalue weighted by Gasteiger charge is 2.32. The van der Waals surface area contributed by atoms with Gasteiger partial charge in [0, 0.05) is 58.0 Å². The van der Waals surface area contributed by atoms with Gasteiger partial charge in [-0.1, -0.05) is 133 Å². The third kappa shape index (κ3) is 8.70. The van der Waals surface area contributed by atoms with E-state index >= 15 is 0 Å². The van der Waals surface area contributed by atoms with Crippen molar-refractivity contribution in [1.29, 1.82) is 0 Å². The van der Waals surface area contributed by atoms with E-state index in [-0.39, 0.29) is 11.9 Å². The number of nitrogens with zero attached hydrogens (tertiary/aromatic N) is 2. The van der Waals surface area contributed by atoms with Crippen LogP contribution in [0.4, 0.5) is 0 Å². The van der Waals surface area contributed by atoms with Gasteiger partial charge in [0.2, 0.25) is 0 Å². The van der Waals surface area contributed by atoms with Gasteiger partial charge in [-0.2, -0.15) is 11.8 Å². The molecule has 50 heavy (non-hydrogen) atoms. The lowest BCUT2D eigenvalue weighted by molar-refractivity contribution is 0.0529. The van der Waals surface area contributed by atoms with Crippen LogP contribution in [-0.2, 0) is 17.8 Å². The first-order valence-electron chi connectivity index (χ1n) is 19.4. The summed E-state index contributed by atoms with van der Waals surface area (Å²) in [5.74, 6) is 0.417. The van der Waals surface area contributed by atoms with E-state index < -0.39 is 0 Å². The minimum Gasteiger partial charge on any atom is -0.461 e. The van der Waals surface area contributed by atoms with Crippen molar-refractivity contribution in [1.82, 2.24) is 9.13 Å².